The number of nitrogens with one attached hydrogen (secondary N) is 3. The SMILES string of the molecule is CCNC(=NCC1(NC(C)c2ccccc2)CCOCC1)NCCCOCC(C)C.I. The molecule has 0 radical (unpaired) electrons. The van der Waals surface area contributed by atoms with Crippen molar-refractivity contribution in [3.05, 3.63) is 35.9 Å². The van der Waals surface area contributed by atoms with Crippen LogP contribution in [0.5, 0.6) is 0 Å². The molecule has 1 unspecified atom stereocenters. The average Bonchev–Trinajstić information content (AvgIpc) is 2.75. The molecule has 0 aromatic heterocycles. The van der Waals surface area contributed by atoms with Crippen LogP contribution in [0.25, 0.3) is 0 Å². The fourth-order valence-corrected chi connectivity index (χ4v) is 3.67. The minimum absolute atomic E-state index is 0. The van der Waals surface area contributed by atoms with E-state index in [0.29, 0.717) is 5.92 Å². The van der Waals surface area contributed by atoms with Crippen LogP contribution in [0.2, 0.25) is 0 Å². The van der Waals surface area contributed by atoms with Gasteiger partial charge in [0.2, 0.25) is 0 Å². The van der Waals surface area contributed by atoms with Crippen molar-refractivity contribution >= 4 is 29.9 Å². The maximum atomic E-state index is 5.67. The summed E-state index contributed by atoms with van der Waals surface area (Å²) >= 11 is 0. The molecular formula is C24H43IN4O2. The first-order valence-corrected chi connectivity index (χ1v) is 11.5. The normalized spacial score (nSPS) is 17.1. The van der Waals surface area contributed by atoms with Gasteiger partial charge in [0.05, 0.1) is 6.54 Å². The summed E-state index contributed by atoms with van der Waals surface area (Å²) in [6.45, 7) is 14.3. The molecule has 6 nitrogen and oxygen atoms in total. The van der Waals surface area contributed by atoms with Crippen LogP contribution in [0.15, 0.2) is 35.3 Å². The second-order valence-electron chi connectivity index (χ2n) is 8.61. The second kappa shape index (κ2) is 15.8. The maximum Gasteiger partial charge on any atom is 0.191 e. The lowest BCUT2D eigenvalue weighted by Gasteiger charge is -2.39. The van der Waals surface area contributed by atoms with E-state index in [4.69, 9.17) is 14.5 Å². The van der Waals surface area contributed by atoms with Gasteiger partial charge in [0.15, 0.2) is 5.96 Å². The van der Waals surface area contributed by atoms with Crippen LogP contribution < -0.4 is 16.0 Å². The van der Waals surface area contributed by atoms with E-state index in [1.54, 1.807) is 0 Å². The van der Waals surface area contributed by atoms with Crippen molar-refractivity contribution in [1.29, 1.82) is 0 Å². The molecule has 7 heteroatoms. The Hall–Kier alpha value is -0.900. The smallest absolute Gasteiger partial charge is 0.191 e. The van der Waals surface area contributed by atoms with Crippen LogP contribution in [-0.4, -0.2) is 57.6 Å². The Morgan fingerprint density at radius 3 is 2.48 bits per heavy atom. The Labute approximate surface area is 206 Å². The van der Waals surface area contributed by atoms with Crippen molar-refractivity contribution < 1.29 is 9.47 Å². The number of nitrogens with zero attached hydrogens (tertiary/aromatic N) is 1. The van der Waals surface area contributed by atoms with Crippen LogP contribution in [0.1, 0.15) is 58.6 Å². The van der Waals surface area contributed by atoms with Gasteiger partial charge < -0.3 is 25.4 Å². The largest absolute Gasteiger partial charge is 0.381 e. The molecule has 0 saturated carbocycles. The monoisotopic (exact) mass is 546 g/mol. The second-order valence-corrected chi connectivity index (χ2v) is 8.61. The van der Waals surface area contributed by atoms with E-state index in [0.717, 1.165) is 71.3 Å². The highest BCUT2D eigenvalue weighted by Crippen LogP contribution is 2.26. The van der Waals surface area contributed by atoms with E-state index in [-0.39, 0.29) is 35.6 Å². The van der Waals surface area contributed by atoms with Crippen molar-refractivity contribution in [2.75, 3.05) is 46.1 Å². The number of hydrogen-bond donors (Lipinski definition) is 3. The van der Waals surface area contributed by atoms with E-state index in [1.165, 1.54) is 5.56 Å². The van der Waals surface area contributed by atoms with E-state index in [2.05, 4.69) is 74.0 Å². The molecule has 0 spiro atoms. The van der Waals surface area contributed by atoms with Gasteiger partial charge in [-0.3, -0.25) is 4.99 Å². The number of benzene rings is 1. The molecule has 1 aliphatic heterocycles. The summed E-state index contributed by atoms with van der Waals surface area (Å²) in [4.78, 5) is 4.94. The Bertz CT molecular complexity index is 607. The van der Waals surface area contributed by atoms with Crippen molar-refractivity contribution in [2.45, 2.75) is 58.5 Å². The molecule has 1 aliphatic rings. The molecule has 0 bridgehead atoms. The summed E-state index contributed by atoms with van der Waals surface area (Å²) in [6, 6.07) is 10.9. The number of halogens is 1. The Morgan fingerprint density at radius 1 is 1.13 bits per heavy atom. The molecule has 0 amide bonds. The van der Waals surface area contributed by atoms with Crippen LogP contribution in [0.4, 0.5) is 0 Å². The molecule has 178 valence electrons. The van der Waals surface area contributed by atoms with E-state index in [9.17, 15) is 0 Å². The van der Waals surface area contributed by atoms with Crippen LogP contribution in [0, 0.1) is 5.92 Å². The molecule has 2 rings (SSSR count). The summed E-state index contributed by atoms with van der Waals surface area (Å²) in [5, 5.41) is 10.7. The third-order valence-corrected chi connectivity index (χ3v) is 5.37. The predicted octanol–water partition coefficient (Wildman–Crippen LogP) is 4.12. The molecule has 1 fully saturated rings. The van der Waals surface area contributed by atoms with Crippen molar-refractivity contribution in [3.63, 3.8) is 0 Å². The molecule has 0 aliphatic carbocycles. The van der Waals surface area contributed by atoms with Gasteiger partial charge in [-0.05, 0) is 44.6 Å². The summed E-state index contributed by atoms with van der Waals surface area (Å²) < 4.78 is 11.3. The first kappa shape index (κ1) is 28.1. The summed E-state index contributed by atoms with van der Waals surface area (Å²) in [6.07, 6.45) is 2.91. The number of guanidine groups is 1. The van der Waals surface area contributed by atoms with Crippen LogP contribution in [-0.2, 0) is 9.47 Å². The molecule has 1 atom stereocenters. The number of aliphatic imine (C=N–C) groups is 1. The van der Waals surface area contributed by atoms with Crippen LogP contribution >= 0.6 is 24.0 Å². The van der Waals surface area contributed by atoms with Gasteiger partial charge in [0.1, 0.15) is 0 Å². The maximum absolute atomic E-state index is 5.67. The summed E-state index contributed by atoms with van der Waals surface area (Å²) in [5.74, 6) is 1.46. The Kier molecular flexibility index (Phi) is 14.4. The zero-order valence-corrected chi connectivity index (χ0v) is 22.1. The molecule has 31 heavy (non-hydrogen) atoms. The van der Waals surface area contributed by atoms with Gasteiger partial charge in [-0.1, -0.05) is 44.2 Å². The first-order valence-electron chi connectivity index (χ1n) is 11.5. The highest BCUT2D eigenvalue weighted by molar-refractivity contribution is 14.0. The zero-order valence-electron chi connectivity index (χ0n) is 19.8. The van der Waals surface area contributed by atoms with Gasteiger partial charge in [-0.2, -0.15) is 0 Å². The first-order chi connectivity index (χ1) is 14.5. The molecule has 1 saturated heterocycles. The van der Waals surface area contributed by atoms with Crippen molar-refractivity contribution in [3.8, 4) is 0 Å². The fraction of sp³-hybridized carbons (Fsp3) is 0.708. The topological polar surface area (TPSA) is 66.9 Å². The third kappa shape index (κ3) is 11.0. The van der Waals surface area contributed by atoms with Gasteiger partial charge in [0.25, 0.3) is 0 Å². The lowest BCUT2D eigenvalue weighted by Crippen LogP contribution is -2.53. The highest BCUT2D eigenvalue weighted by Gasteiger charge is 2.34. The number of hydrogen-bond acceptors (Lipinski definition) is 4. The quantitative estimate of drug-likeness (QED) is 0.159. The molecular weight excluding hydrogens is 503 g/mol. The molecule has 3 N–H and O–H groups in total. The molecule has 1 aromatic carbocycles. The average molecular weight is 547 g/mol. The third-order valence-electron chi connectivity index (χ3n) is 5.37. The van der Waals surface area contributed by atoms with Gasteiger partial charge >= 0.3 is 0 Å². The standard InChI is InChI=1S/C24H42N4O2.HI/c1-5-25-23(26-14-9-15-30-18-20(2)3)27-19-24(12-16-29-17-13-24)28-21(4)22-10-7-6-8-11-22;/h6-8,10-11,20-21,28H,5,9,12-19H2,1-4H3,(H2,25,26,27);1H. The lowest BCUT2D eigenvalue weighted by molar-refractivity contribution is 0.0374. The predicted molar refractivity (Wildman–Crippen MR) is 140 cm³/mol. The van der Waals surface area contributed by atoms with E-state index < -0.39 is 0 Å². The Morgan fingerprint density at radius 2 is 1.84 bits per heavy atom. The molecule has 1 heterocycles. The van der Waals surface area contributed by atoms with Gasteiger partial charge in [0, 0.05) is 51.1 Å². The van der Waals surface area contributed by atoms with Gasteiger partial charge in [-0.25, -0.2) is 0 Å². The summed E-state index contributed by atoms with van der Waals surface area (Å²) in [5.41, 5.74) is 1.26. The van der Waals surface area contributed by atoms with Crippen molar-refractivity contribution in [1.82, 2.24) is 16.0 Å². The van der Waals surface area contributed by atoms with Crippen LogP contribution in [0.3, 0.4) is 0 Å². The van der Waals surface area contributed by atoms with E-state index in [1.807, 2.05) is 0 Å². The van der Waals surface area contributed by atoms with E-state index >= 15 is 0 Å². The minimum atomic E-state index is -0.0454. The highest BCUT2D eigenvalue weighted by atomic mass is 127. The molecule has 1 aromatic rings. The fourth-order valence-electron chi connectivity index (χ4n) is 3.67. The zero-order chi connectivity index (χ0) is 21.7. The number of ether oxygens (including phenoxy) is 2. The summed E-state index contributed by atoms with van der Waals surface area (Å²) in [7, 11) is 0. The van der Waals surface area contributed by atoms with Crippen molar-refractivity contribution in [2.24, 2.45) is 10.9 Å². The lowest BCUT2D eigenvalue weighted by atomic mass is 9.88. The van der Waals surface area contributed by atoms with Gasteiger partial charge in [-0.15, -0.1) is 24.0 Å². The Balaban J connectivity index is 0.00000480. The minimum Gasteiger partial charge on any atom is -0.381 e. The number of rotatable bonds is 12.